The lowest BCUT2D eigenvalue weighted by atomic mass is 10.1. The van der Waals surface area contributed by atoms with E-state index in [0.29, 0.717) is 12.1 Å². The van der Waals surface area contributed by atoms with Crippen molar-refractivity contribution in [1.82, 2.24) is 5.32 Å². The van der Waals surface area contributed by atoms with Crippen LogP contribution in [0, 0.1) is 0 Å². The predicted octanol–water partition coefficient (Wildman–Crippen LogP) is 1.90. The Labute approximate surface area is 105 Å². The number of rotatable bonds is 1. The van der Waals surface area contributed by atoms with E-state index in [1.54, 1.807) is 0 Å². The fraction of sp³-hybridized carbons (Fsp3) is 1.00. The summed E-state index contributed by atoms with van der Waals surface area (Å²) in [5.41, 5.74) is 0. The van der Waals surface area contributed by atoms with Gasteiger partial charge in [-0.3, -0.25) is 0 Å². The van der Waals surface area contributed by atoms with Gasteiger partial charge in [-0.05, 0) is 46.5 Å². The van der Waals surface area contributed by atoms with Crippen LogP contribution in [-0.2, 0) is 9.84 Å². The molecule has 0 spiro atoms. The number of piperidine rings is 1. The molecule has 0 amide bonds. The first-order valence-corrected chi connectivity index (χ1v) is 7.35. The number of hydrogen-bond acceptors (Lipinski definition) is 3. The second-order valence-corrected chi connectivity index (χ2v) is 8.87. The van der Waals surface area contributed by atoms with Gasteiger partial charge in [-0.25, -0.2) is 8.42 Å². The third-order valence-electron chi connectivity index (χ3n) is 3.72. The second-order valence-electron chi connectivity index (χ2n) is 5.89. The topological polar surface area (TPSA) is 46.2 Å². The Bertz CT molecular complexity index is 335. The fourth-order valence-corrected chi connectivity index (χ4v) is 4.73. The molecule has 0 saturated carbocycles. The molecule has 0 radical (unpaired) electrons. The van der Waals surface area contributed by atoms with Crippen molar-refractivity contribution in [3.8, 4) is 0 Å². The molecule has 0 aromatic heterocycles. The Morgan fingerprint density at radius 2 is 1.50 bits per heavy atom. The Hall–Kier alpha value is 0.200. The van der Waals surface area contributed by atoms with E-state index >= 15 is 0 Å². The minimum absolute atomic E-state index is 0. The molecule has 2 heterocycles. The molecule has 2 aliphatic rings. The van der Waals surface area contributed by atoms with Gasteiger partial charge in [0, 0.05) is 12.1 Å². The molecule has 2 rings (SSSR count). The van der Waals surface area contributed by atoms with Crippen LogP contribution in [0.4, 0.5) is 0 Å². The van der Waals surface area contributed by atoms with Crippen LogP contribution in [0.1, 0.15) is 46.5 Å². The van der Waals surface area contributed by atoms with Gasteiger partial charge >= 0.3 is 0 Å². The molecule has 16 heavy (non-hydrogen) atoms. The summed E-state index contributed by atoms with van der Waals surface area (Å²) in [7, 11) is -2.97. The number of halogens is 1. The van der Waals surface area contributed by atoms with Crippen molar-refractivity contribution >= 4 is 22.2 Å². The lowest BCUT2D eigenvalue weighted by molar-refractivity contribution is 0.396. The zero-order valence-electron chi connectivity index (χ0n) is 10.2. The van der Waals surface area contributed by atoms with Gasteiger partial charge in [-0.2, -0.15) is 0 Å². The molecule has 0 aromatic rings. The highest BCUT2D eigenvalue weighted by molar-refractivity contribution is 7.93. The smallest absolute Gasteiger partial charge is 0.158 e. The monoisotopic (exact) mass is 267 g/mol. The molecule has 96 valence electrons. The number of nitrogens with one attached hydrogen (secondary N) is 1. The zero-order chi connectivity index (χ0) is 11.3. The molecule has 0 aliphatic carbocycles. The SMILES string of the molecule is CC(C)(C)S(=O)(=O)C1CC2CCC(C1)N2.Cl. The normalized spacial score (nSPS) is 34.6. The maximum absolute atomic E-state index is 12.3. The van der Waals surface area contributed by atoms with Gasteiger partial charge in [-0.15, -0.1) is 12.4 Å². The van der Waals surface area contributed by atoms with Gasteiger partial charge in [-0.1, -0.05) is 0 Å². The molecule has 0 aromatic carbocycles. The molecule has 5 heteroatoms. The molecule has 2 aliphatic heterocycles. The Balaban J connectivity index is 0.00000128. The fourth-order valence-electron chi connectivity index (χ4n) is 2.76. The van der Waals surface area contributed by atoms with Gasteiger partial charge < -0.3 is 5.32 Å². The minimum atomic E-state index is -2.97. The van der Waals surface area contributed by atoms with E-state index in [1.807, 2.05) is 20.8 Å². The third-order valence-corrected chi connectivity index (χ3v) is 6.69. The molecule has 2 atom stereocenters. The van der Waals surface area contributed by atoms with Gasteiger partial charge in [0.25, 0.3) is 0 Å². The van der Waals surface area contributed by atoms with E-state index in [9.17, 15) is 8.42 Å². The molecule has 2 saturated heterocycles. The minimum Gasteiger partial charge on any atom is -0.311 e. The zero-order valence-corrected chi connectivity index (χ0v) is 11.8. The molecule has 2 fully saturated rings. The molecular weight excluding hydrogens is 246 g/mol. The van der Waals surface area contributed by atoms with E-state index in [1.165, 1.54) is 0 Å². The highest BCUT2D eigenvalue weighted by Crippen LogP contribution is 2.34. The molecule has 2 bridgehead atoms. The first-order chi connectivity index (χ1) is 6.80. The Morgan fingerprint density at radius 1 is 1.06 bits per heavy atom. The maximum Gasteiger partial charge on any atom is 0.158 e. The van der Waals surface area contributed by atoms with Crippen molar-refractivity contribution in [2.45, 2.75) is 68.5 Å². The van der Waals surface area contributed by atoms with E-state index in [0.717, 1.165) is 25.7 Å². The quantitative estimate of drug-likeness (QED) is 0.789. The second kappa shape index (κ2) is 4.46. The summed E-state index contributed by atoms with van der Waals surface area (Å²) in [6, 6.07) is 0.900. The summed E-state index contributed by atoms with van der Waals surface area (Å²) in [6.07, 6.45) is 3.94. The standard InChI is InChI=1S/C11H21NO2S.ClH/c1-11(2,3)15(13,14)10-6-8-4-5-9(7-10)12-8;/h8-10,12H,4-7H2,1-3H3;1H. The number of sulfone groups is 1. The van der Waals surface area contributed by atoms with E-state index in [-0.39, 0.29) is 17.7 Å². The van der Waals surface area contributed by atoms with E-state index < -0.39 is 14.6 Å². The first kappa shape index (κ1) is 14.3. The summed E-state index contributed by atoms with van der Waals surface area (Å²) in [5.74, 6) is 0. The average molecular weight is 268 g/mol. The molecule has 1 N–H and O–H groups in total. The van der Waals surface area contributed by atoms with Crippen LogP contribution >= 0.6 is 12.4 Å². The van der Waals surface area contributed by atoms with Crippen LogP contribution in [0.25, 0.3) is 0 Å². The van der Waals surface area contributed by atoms with Gasteiger partial charge in [0.2, 0.25) is 0 Å². The number of fused-ring (bicyclic) bond motifs is 2. The van der Waals surface area contributed by atoms with Gasteiger partial charge in [0.1, 0.15) is 0 Å². The molecular formula is C11H22ClNO2S. The van der Waals surface area contributed by atoms with Crippen molar-refractivity contribution in [3.63, 3.8) is 0 Å². The Kier molecular flexibility index (Phi) is 3.98. The van der Waals surface area contributed by atoms with Crippen LogP contribution in [-0.4, -0.2) is 30.5 Å². The van der Waals surface area contributed by atoms with E-state index in [2.05, 4.69) is 5.32 Å². The number of hydrogen-bond donors (Lipinski definition) is 1. The van der Waals surface area contributed by atoms with Crippen LogP contribution in [0.5, 0.6) is 0 Å². The Morgan fingerprint density at radius 3 is 1.88 bits per heavy atom. The lowest BCUT2D eigenvalue weighted by Gasteiger charge is -2.33. The van der Waals surface area contributed by atoms with Gasteiger partial charge in [0.15, 0.2) is 9.84 Å². The third kappa shape index (κ3) is 2.39. The summed E-state index contributed by atoms with van der Waals surface area (Å²) in [6.45, 7) is 5.44. The summed E-state index contributed by atoms with van der Waals surface area (Å²) in [5, 5.41) is 3.36. The maximum atomic E-state index is 12.3. The summed E-state index contributed by atoms with van der Waals surface area (Å²) < 4.78 is 24.0. The molecule has 3 nitrogen and oxygen atoms in total. The summed E-state index contributed by atoms with van der Waals surface area (Å²) in [4.78, 5) is 0. The van der Waals surface area contributed by atoms with Crippen molar-refractivity contribution in [2.75, 3.05) is 0 Å². The first-order valence-electron chi connectivity index (χ1n) is 5.80. The lowest BCUT2D eigenvalue weighted by Crippen LogP contribution is -2.47. The molecule has 2 unspecified atom stereocenters. The van der Waals surface area contributed by atoms with Crippen molar-refractivity contribution in [2.24, 2.45) is 0 Å². The van der Waals surface area contributed by atoms with Crippen LogP contribution in [0.2, 0.25) is 0 Å². The van der Waals surface area contributed by atoms with Crippen LogP contribution in [0.3, 0.4) is 0 Å². The largest absolute Gasteiger partial charge is 0.311 e. The average Bonchev–Trinajstić information content (AvgIpc) is 2.43. The highest BCUT2D eigenvalue weighted by Gasteiger charge is 2.43. The predicted molar refractivity (Wildman–Crippen MR) is 68.9 cm³/mol. The van der Waals surface area contributed by atoms with Crippen molar-refractivity contribution < 1.29 is 8.42 Å². The van der Waals surface area contributed by atoms with E-state index in [4.69, 9.17) is 0 Å². The van der Waals surface area contributed by atoms with Crippen molar-refractivity contribution in [3.05, 3.63) is 0 Å². The van der Waals surface area contributed by atoms with Crippen LogP contribution in [0.15, 0.2) is 0 Å². The van der Waals surface area contributed by atoms with Crippen LogP contribution < -0.4 is 5.32 Å². The van der Waals surface area contributed by atoms with Gasteiger partial charge in [0.05, 0.1) is 10.00 Å². The highest BCUT2D eigenvalue weighted by atomic mass is 35.5. The van der Waals surface area contributed by atoms with Crippen molar-refractivity contribution in [1.29, 1.82) is 0 Å². The summed E-state index contributed by atoms with van der Waals surface area (Å²) >= 11 is 0.